The number of piperazine rings is 1. The Morgan fingerprint density at radius 2 is 1.73 bits per heavy atom. The number of amides is 1. The molecule has 30 heavy (non-hydrogen) atoms. The molecular weight excluding hydrogens is 418 g/mol. The van der Waals surface area contributed by atoms with E-state index in [1.54, 1.807) is 6.07 Å². The minimum atomic E-state index is -5.34. The number of aliphatic hydroxyl groups is 1. The fourth-order valence-corrected chi connectivity index (χ4v) is 3.11. The van der Waals surface area contributed by atoms with Crippen LogP contribution in [0.25, 0.3) is 5.57 Å². The summed E-state index contributed by atoms with van der Waals surface area (Å²) in [6, 6.07) is 3.06. The maximum absolute atomic E-state index is 13.4. The van der Waals surface area contributed by atoms with Crippen LogP contribution in [0, 0.1) is 6.07 Å². The smallest absolute Gasteiger partial charge is 0.394 e. The molecule has 1 aliphatic rings. The Morgan fingerprint density at radius 3 is 2.27 bits per heavy atom. The van der Waals surface area contributed by atoms with Crippen LogP contribution in [0.1, 0.15) is 16.7 Å². The SMILES string of the molecule is C=C(C(=O)N1CCN(CCOCCO)CC1)c1cc[c]c(C(F)(F)F)c1C(F)(F)F. The Kier molecular flexibility index (Phi) is 7.89. The van der Waals surface area contributed by atoms with Gasteiger partial charge >= 0.3 is 12.4 Å². The average molecular weight is 439 g/mol. The van der Waals surface area contributed by atoms with Crippen LogP contribution in [0.15, 0.2) is 18.7 Å². The molecule has 1 heterocycles. The van der Waals surface area contributed by atoms with Crippen LogP contribution < -0.4 is 0 Å². The van der Waals surface area contributed by atoms with Gasteiger partial charge in [-0.3, -0.25) is 9.69 Å². The molecule has 2 rings (SSSR count). The molecule has 5 nitrogen and oxygen atoms in total. The number of alkyl halides is 6. The van der Waals surface area contributed by atoms with Gasteiger partial charge in [-0.05, 0) is 11.6 Å². The van der Waals surface area contributed by atoms with Gasteiger partial charge in [-0.2, -0.15) is 26.3 Å². The van der Waals surface area contributed by atoms with Crippen LogP contribution in [0.2, 0.25) is 0 Å². The Hall–Kier alpha value is -2.11. The molecule has 11 heteroatoms. The normalized spacial score (nSPS) is 16.0. The van der Waals surface area contributed by atoms with Gasteiger partial charge in [0.25, 0.3) is 5.91 Å². The van der Waals surface area contributed by atoms with Crippen molar-refractivity contribution in [1.82, 2.24) is 9.80 Å². The number of carbonyl (C=O) groups excluding carboxylic acids is 1. The van der Waals surface area contributed by atoms with Crippen molar-refractivity contribution in [2.24, 2.45) is 0 Å². The zero-order chi connectivity index (χ0) is 22.5. The van der Waals surface area contributed by atoms with Crippen LogP contribution >= 0.6 is 0 Å². The van der Waals surface area contributed by atoms with Gasteiger partial charge in [-0.25, -0.2) is 0 Å². The minimum Gasteiger partial charge on any atom is -0.394 e. The van der Waals surface area contributed by atoms with Crippen molar-refractivity contribution in [2.75, 3.05) is 52.5 Å². The summed E-state index contributed by atoms with van der Waals surface area (Å²) in [4.78, 5) is 15.9. The molecule has 0 saturated carbocycles. The molecule has 1 radical (unpaired) electrons. The molecule has 1 fully saturated rings. The first-order valence-electron chi connectivity index (χ1n) is 9.05. The van der Waals surface area contributed by atoms with E-state index in [0.29, 0.717) is 32.3 Å². The molecule has 1 aliphatic heterocycles. The molecule has 1 saturated heterocycles. The van der Waals surface area contributed by atoms with E-state index in [1.165, 1.54) is 4.90 Å². The lowest BCUT2D eigenvalue weighted by Gasteiger charge is -2.35. The van der Waals surface area contributed by atoms with Crippen LogP contribution in [-0.2, 0) is 21.9 Å². The molecule has 1 aromatic rings. The maximum atomic E-state index is 13.4. The first kappa shape index (κ1) is 24.2. The van der Waals surface area contributed by atoms with Gasteiger partial charge in [0.15, 0.2) is 0 Å². The Balaban J connectivity index is 2.13. The zero-order valence-electron chi connectivity index (χ0n) is 15.9. The molecule has 1 aromatic carbocycles. The van der Waals surface area contributed by atoms with Crippen LogP contribution in [0.4, 0.5) is 26.3 Å². The second-order valence-corrected chi connectivity index (χ2v) is 6.59. The Morgan fingerprint density at radius 1 is 1.10 bits per heavy atom. The largest absolute Gasteiger partial charge is 0.417 e. The molecule has 1 N–H and O–H groups in total. The number of hydrogen-bond acceptors (Lipinski definition) is 4. The van der Waals surface area contributed by atoms with E-state index in [2.05, 4.69) is 6.58 Å². The lowest BCUT2D eigenvalue weighted by Crippen LogP contribution is -2.49. The number of rotatable bonds is 7. The van der Waals surface area contributed by atoms with E-state index in [9.17, 15) is 31.1 Å². The number of ether oxygens (including phenoxy) is 1. The van der Waals surface area contributed by atoms with E-state index in [1.807, 2.05) is 4.90 Å². The van der Waals surface area contributed by atoms with Gasteiger partial charge in [-0.15, -0.1) is 0 Å². The molecule has 0 bridgehead atoms. The molecule has 0 unspecified atom stereocenters. The van der Waals surface area contributed by atoms with Crippen LogP contribution in [0.3, 0.4) is 0 Å². The summed E-state index contributed by atoms with van der Waals surface area (Å²) in [5, 5.41) is 8.65. The number of aliphatic hydroxyl groups excluding tert-OH is 1. The predicted molar refractivity (Wildman–Crippen MR) is 95.2 cm³/mol. The second-order valence-electron chi connectivity index (χ2n) is 6.59. The molecule has 167 valence electrons. The minimum absolute atomic E-state index is 0.0996. The summed E-state index contributed by atoms with van der Waals surface area (Å²) in [7, 11) is 0. The molecule has 0 aromatic heterocycles. The lowest BCUT2D eigenvalue weighted by atomic mass is 9.94. The molecule has 0 aliphatic carbocycles. The van der Waals surface area contributed by atoms with E-state index in [0.717, 1.165) is 6.07 Å². The number of hydrogen-bond donors (Lipinski definition) is 1. The number of halogens is 6. The standard InChI is InChI=1S/C19H21F6N2O3/c1-13(14-3-2-4-15(18(20,21)22)16(14)19(23,24)25)17(29)27-7-5-26(6-8-27)9-11-30-12-10-28/h2-3,28H,1,5-12H2. The van der Waals surface area contributed by atoms with Gasteiger partial charge in [0.2, 0.25) is 0 Å². The van der Waals surface area contributed by atoms with Crippen molar-refractivity contribution in [1.29, 1.82) is 0 Å². The predicted octanol–water partition coefficient (Wildman–Crippen LogP) is 2.69. The van der Waals surface area contributed by atoms with Crippen molar-refractivity contribution in [2.45, 2.75) is 12.4 Å². The summed E-state index contributed by atoms with van der Waals surface area (Å²) >= 11 is 0. The van der Waals surface area contributed by atoms with E-state index in [4.69, 9.17) is 9.84 Å². The molecule has 1 amide bonds. The third-order valence-electron chi connectivity index (χ3n) is 4.59. The topological polar surface area (TPSA) is 53.0 Å². The van der Waals surface area contributed by atoms with E-state index in [-0.39, 0.29) is 26.3 Å². The van der Waals surface area contributed by atoms with Crippen molar-refractivity contribution < 1.29 is 41.0 Å². The van der Waals surface area contributed by atoms with Gasteiger partial charge in [-0.1, -0.05) is 18.7 Å². The quantitative estimate of drug-likeness (QED) is 0.403. The summed E-state index contributed by atoms with van der Waals surface area (Å²) in [6.45, 7) is 5.59. The van der Waals surface area contributed by atoms with E-state index < -0.39 is 40.5 Å². The molecule has 0 spiro atoms. The first-order chi connectivity index (χ1) is 14.0. The maximum Gasteiger partial charge on any atom is 0.417 e. The first-order valence-corrected chi connectivity index (χ1v) is 9.05. The van der Waals surface area contributed by atoms with Gasteiger partial charge in [0, 0.05) is 38.3 Å². The highest BCUT2D eigenvalue weighted by Gasteiger charge is 2.45. The molecule has 0 atom stereocenters. The number of nitrogens with zero attached hydrogens (tertiary/aromatic N) is 2. The highest BCUT2D eigenvalue weighted by Crippen LogP contribution is 2.43. The number of carbonyl (C=O) groups is 1. The van der Waals surface area contributed by atoms with Crippen molar-refractivity contribution in [3.63, 3.8) is 0 Å². The van der Waals surface area contributed by atoms with Crippen molar-refractivity contribution >= 4 is 11.5 Å². The summed E-state index contributed by atoms with van der Waals surface area (Å²) in [6.07, 6.45) is -10.6. The van der Waals surface area contributed by atoms with Gasteiger partial charge in [0.1, 0.15) is 0 Å². The van der Waals surface area contributed by atoms with Crippen molar-refractivity contribution in [3.05, 3.63) is 41.5 Å². The lowest BCUT2D eigenvalue weighted by molar-refractivity contribution is -0.162. The Labute approximate surface area is 169 Å². The van der Waals surface area contributed by atoms with Gasteiger partial charge < -0.3 is 14.7 Å². The highest BCUT2D eigenvalue weighted by molar-refractivity contribution is 6.19. The third-order valence-corrected chi connectivity index (χ3v) is 4.59. The second kappa shape index (κ2) is 9.80. The summed E-state index contributed by atoms with van der Waals surface area (Å²) in [5.74, 6) is -0.851. The molecular formula is C19H21F6N2O3. The highest BCUT2D eigenvalue weighted by atomic mass is 19.4. The van der Waals surface area contributed by atoms with Gasteiger partial charge in [0.05, 0.1) is 30.9 Å². The van der Waals surface area contributed by atoms with Crippen LogP contribution in [0.5, 0.6) is 0 Å². The monoisotopic (exact) mass is 439 g/mol. The fraction of sp³-hybridized carbons (Fsp3) is 0.526. The Bertz CT molecular complexity index is 756. The number of benzene rings is 1. The van der Waals surface area contributed by atoms with Crippen molar-refractivity contribution in [3.8, 4) is 0 Å². The third kappa shape index (κ3) is 5.96. The van der Waals surface area contributed by atoms with E-state index >= 15 is 0 Å². The average Bonchev–Trinajstić information content (AvgIpc) is 2.68. The summed E-state index contributed by atoms with van der Waals surface area (Å²) in [5.41, 5.74) is -5.50. The fourth-order valence-electron chi connectivity index (χ4n) is 3.11. The zero-order valence-corrected chi connectivity index (χ0v) is 15.9. The van der Waals surface area contributed by atoms with Crippen LogP contribution in [-0.4, -0.2) is 73.4 Å². The summed E-state index contributed by atoms with van der Waals surface area (Å²) < 4.78 is 84.6.